The van der Waals surface area contributed by atoms with Crippen molar-refractivity contribution in [2.45, 2.75) is 232 Å². The molecule has 0 bridgehead atoms. The zero-order valence-corrected chi connectivity index (χ0v) is 37.3. The average molecular weight is 797 g/mol. The summed E-state index contributed by atoms with van der Waals surface area (Å²) >= 11 is 0. The molecular weight excluding hydrogens is 709 g/mol. The molecule has 0 aromatic heterocycles. The Kier molecular flexibility index (Phi) is 43.5. The van der Waals surface area contributed by atoms with Crippen molar-refractivity contribution in [3.63, 3.8) is 0 Å². The Morgan fingerprint density at radius 3 is 1.12 bits per heavy atom. The molecule has 0 heterocycles. The van der Waals surface area contributed by atoms with Crippen LogP contribution in [0.5, 0.6) is 0 Å². The Labute approximate surface area is 351 Å². The summed E-state index contributed by atoms with van der Waals surface area (Å²) in [5.41, 5.74) is 0. The molecule has 6 nitrogen and oxygen atoms in total. The number of esters is 3. The molecule has 0 N–H and O–H groups in total. The van der Waals surface area contributed by atoms with Gasteiger partial charge in [0.15, 0.2) is 6.10 Å². The van der Waals surface area contributed by atoms with E-state index in [0.29, 0.717) is 19.3 Å². The maximum Gasteiger partial charge on any atom is 0.306 e. The van der Waals surface area contributed by atoms with Crippen molar-refractivity contribution < 1.29 is 28.6 Å². The van der Waals surface area contributed by atoms with E-state index in [9.17, 15) is 14.4 Å². The molecule has 0 spiro atoms. The van der Waals surface area contributed by atoms with Crippen LogP contribution in [0.15, 0.2) is 60.8 Å². The normalized spacial score (nSPS) is 12.5. The van der Waals surface area contributed by atoms with E-state index in [4.69, 9.17) is 14.2 Å². The minimum absolute atomic E-state index is 0.0981. The van der Waals surface area contributed by atoms with Gasteiger partial charge in [-0.3, -0.25) is 14.4 Å². The Bertz CT molecular complexity index is 1050. The van der Waals surface area contributed by atoms with Gasteiger partial charge in [0.05, 0.1) is 0 Å². The van der Waals surface area contributed by atoms with Gasteiger partial charge in [-0.25, -0.2) is 0 Å². The van der Waals surface area contributed by atoms with Crippen LogP contribution in [0.3, 0.4) is 0 Å². The highest BCUT2D eigenvalue weighted by Crippen LogP contribution is 2.13. The number of allylic oxidation sites excluding steroid dienone is 10. The van der Waals surface area contributed by atoms with E-state index in [0.717, 1.165) is 83.5 Å². The monoisotopic (exact) mass is 797 g/mol. The molecule has 0 aromatic rings. The maximum atomic E-state index is 12.7. The van der Waals surface area contributed by atoms with Gasteiger partial charge < -0.3 is 14.2 Å². The van der Waals surface area contributed by atoms with Gasteiger partial charge in [-0.1, -0.05) is 178 Å². The van der Waals surface area contributed by atoms with Gasteiger partial charge in [-0.05, 0) is 89.9 Å². The minimum Gasteiger partial charge on any atom is -0.462 e. The molecule has 1 atom stereocenters. The zero-order chi connectivity index (χ0) is 41.5. The number of unbranched alkanes of at least 4 members (excludes halogenated alkanes) is 21. The fraction of sp³-hybridized carbons (Fsp3) is 0.745. The van der Waals surface area contributed by atoms with Crippen molar-refractivity contribution in [1.82, 2.24) is 0 Å². The molecule has 0 unspecified atom stereocenters. The summed E-state index contributed by atoms with van der Waals surface area (Å²) in [5.74, 6) is -0.974. The average Bonchev–Trinajstić information content (AvgIpc) is 3.21. The van der Waals surface area contributed by atoms with E-state index in [1.165, 1.54) is 96.3 Å². The first-order valence-electron chi connectivity index (χ1n) is 23.8. The topological polar surface area (TPSA) is 78.9 Å². The van der Waals surface area contributed by atoms with Crippen LogP contribution >= 0.6 is 0 Å². The summed E-state index contributed by atoms with van der Waals surface area (Å²) in [7, 11) is 0. The standard InChI is InChI=1S/C51H88O6/c1-4-7-10-13-16-19-22-23-24-25-26-27-30-32-35-38-41-44-50(53)56-47-48(57-51(54)45-42-39-36-33-29-21-18-15-12-9-6-3)46-55-49(52)43-40-37-34-31-28-20-17-14-11-8-5-2/h14-15,17-18,23-24,26-27,32,35,48H,4-13,16,19-22,25,28-31,33-34,36-47H2,1-3H3/b17-14-,18-15-,24-23-,27-26-,35-32-/t48-/m0/s1. The molecule has 6 heteroatoms. The van der Waals surface area contributed by atoms with Gasteiger partial charge in [-0.2, -0.15) is 0 Å². The highest BCUT2D eigenvalue weighted by atomic mass is 16.6. The number of carbonyl (C=O) groups is 3. The highest BCUT2D eigenvalue weighted by Gasteiger charge is 2.19. The molecule has 0 aliphatic rings. The van der Waals surface area contributed by atoms with Crippen molar-refractivity contribution >= 4 is 17.9 Å². The minimum atomic E-state index is -0.799. The number of carbonyl (C=O) groups excluding carboxylic acids is 3. The van der Waals surface area contributed by atoms with Crippen molar-refractivity contribution in [3.8, 4) is 0 Å². The molecule has 0 radical (unpaired) electrons. The van der Waals surface area contributed by atoms with Crippen LogP contribution in [0.1, 0.15) is 226 Å². The van der Waals surface area contributed by atoms with Gasteiger partial charge in [0.25, 0.3) is 0 Å². The number of rotatable bonds is 42. The fourth-order valence-electron chi connectivity index (χ4n) is 6.30. The third-order valence-electron chi connectivity index (χ3n) is 9.96. The number of hydrogen-bond donors (Lipinski definition) is 0. The van der Waals surface area contributed by atoms with Crippen LogP contribution in [0, 0.1) is 0 Å². The molecule has 0 saturated heterocycles. The van der Waals surface area contributed by atoms with Crippen molar-refractivity contribution in [3.05, 3.63) is 60.8 Å². The Morgan fingerprint density at radius 1 is 0.351 bits per heavy atom. The van der Waals surface area contributed by atoms with E-state index in [1.54, 1.807) is 0 Å². The van der Waals surface area contributed by atoms with Crippen molar-refractivity contribution in [1.29, 1.82) is 0 Å². The maximum absolute atomic E-state index is 12.7. The summed E-state index contributed by atoms with van der Waals surface area (Å²) in [4.78, 5) is 37.7. The second-order valence-corrected chi connectivity index (χ2v) is 15.7. The van der Waals surface area contributed by atoms with Crippen LogP contribution in [0.2, 0.25) is 0 Å². The molecule has 328 valence electrons. The lowest BCUT2D eigenvalue weighted by molar-refractivity contribution is -0.167. The molecule has 0 aliphatic carbocycles. The Balaban J connectivity index is 4.45. The predicted molar refractivity (Wildman–Crippen MR) is 242 cm³/mol. The molecule has 0 saturated carbocycles. The lowest BCUT2D eigenvalue weighted by atomic mass is 10.1. The second-order valence-electron chi connectivity index (χ2n) is 15.7. The molecule has 57 heavy (non-hydrogen) atoms. The molecule has 0 aromatic carbocycles. The number of hydrogen-bond acceptors (Lipinski definition) is 6. The summed E-state index contributed by atoms with van der Waals surface area (Å²) < 4.78 is 16.7. The van der Waals surface area contributed by atoms with E-state index < -0.39 is 6.10 Å². The molecule has 0 rings (SSSR count). The highest BCUT2D eigenvalue weighted by molar-refractivity contribution is 5.71. The van der Waals surface area contributed by atoms with Crippen LogP contribution < -0.4 is 0 Å². The first-order chi connectivity index (χ1) is 28.0. The zero-order valence-electron chi connectivity index (χ0n) is 37.3. The van der Waals surface area contributed by atoms with Gasteiger partial charge >= 0.3 is 17.9 Å². The van der Waals surface area contributed by atoms with Gasteiger partial charge in [0.1, 0.15) is 13.2 Å². The number of ether oxygens (including phenoxy) is 3. The summed E-state index contributed by atoms with van der Waals surface area (Å²) in [5, 5.41) is 0. The fourth-order valence-corrected chi connectivity index (χ4v) is 6.30. The van der Waals surface area contributed by atoms with Crippen LogP contribution in [-0.4, -0.2) is 37.2 Å². The van der Waals surface area contributed by atoms with E-state index >= 15 is 0 Å². The Hall–Kier alpha value is -2.89. The molecule has 0 fully saturated rings. The van der Waals surface area contributed by atoms with Crippen LogP contribution in [0.25, 0.3) is 0 Å². The van der Waals surface area contributed by atoms with Crippen molar-refractivity contribution in [2.75, 3.05) is 13.2 Å². The SMILES string of the molecule is CCCC/C=C\CCCCCCCC(=O)OC[C@@H](COC(=O)CCC/C=C\C/C=C\C/C=C\CCCCCCCC)OC(=O)CCCCCCC/C=C\CCCC. The first kappa shape index (κ1) is 54.1. The molecular formula is C51H88O6. The van der Waals surface area contributed by atoms with E-state index in [-0.39, 0.29) is 37.5 Å². The second kappa shape index (κ2) is 45.8. The lowest BCUT2D eigenvalue weighted by Crippen LogP contribution is -2.30. The summed E-state index contributed by atoms with van der Waals surface area (Å²) in [6, 6.07) is 0. The predicted octanol–water partition coefficient (Wildman–Crippen LogP) is 15.3. The van der Waals surface area contributed by atoms with Crippen LogP contribution in [-0.2, 0) is 28.6 Å². The van der Waals surface area contributed by atoms with Gasteiger partial charge in [-0.15, -0.1) is 0 Å². The lowest BCUT2D eigenvalue weighted by Gasteiger charge is -2.18. The van der Waals surface area contributed by atoms with Crippen molar-refractivity contribution in [2.24, 2.45) is 0 Å². The smallest absolute Gasteiger partial charge is 0.306 e. The largest absolute Gasteiger partial charge is 0.462 e. The first-order valence-corrected chi connectivity index (χ1v) is 23.8. The van der Waals surface area contributed by atoms with Gasteiger partial charge in [0, 0.05) is 19.3 Å². The van der Waals surface area contributed by atoms with Gasteiger partial charge in [0.2, 0.25) is 0 Å². The summed E-state index contributed by atoms with van der Waals surface area (Å²) in [6.07, 6.45) is 54.9. The molecule has 0 aliphatic heterocycles. The third-order valence-corrected chi connectivity index (χ3v) is 9.96. The third kappa shape index (κ3) is 44.1. The Morgan fingerprint density at radius 2 is 0.667 bits per heavy atom. The quantitative estimate of drug-likeness (QED) is 0.0265. The summed E-state index contributed by atoms with van der Waals surface area (Å²) in [6.45, 7) is 6.48. The van der Waals surface area contributed by atoms with E-state index in [1.807, 2.05) is 0 Å². The molecule has 0 amide bonds. The van der Waals surface area contributed by atoms with Crippen LogP contribution in [0.4, 0.5) is 0 Å². The van der Waals surface area contributed by atoms with E-state index in [2.05, 4.69) is 81.5 Å².